The molecule has 2 amide bonds. The van der Waals surface area contributed by atoms with Crippen molar-refractivity contribution in [2.75, 3.05) is 46.4 Å². The number of nitrogens with two attached hydrogens (primary N) is 3. The van der Waals surface area contributed by atoms with Crippen LogP contribution in [0.15, 0.2) is 11.8 Å². The van der Waals surface area contributed by atoms with E-state index in [1.165, 1.54) is 0 Å². The molecule has 0 aromatic heterocycles. The highest BCUT2D eigenvalue weighted by Gasteiger charge is 2.50. The van der Waals surface area contributed by atoms with E-state index in [1.54, 1.807) is 7.05 Å². The summed E-state index contributed by atoms with van der Waals surface area (Å²) in [6.45, 7) is 4.03. The van der Waals surface area contributed by atoms with Gasteiger partial charge < -0.3 is 67.6 Å². The van der Waals surface area contributed by atoms with Gasteiger partial charge in [0.05, 0.1) is 31.8 Å². The molecule has 16 heteroatoms. The van der Waals surface area contributed by atoms with Crippen molar-refractivity contribution >= 4 is 6.03 Å². The third kappa shape index (κ3) is 7.65. The van der Waals surface area contributed by atoms with E-state index in [-0.39, 0.29) is 50.1 Å². The Morgan fingerprint density at radius 2 is 1.90 bits per heavy atom. The standard InChI is InChI=1S/C25H48N8O8/c1-12-11-38-24(19(34)18(12)29-2)41-22-17(32-25(36)33(37)6-5-26)7-15(28)21(20(22)35)40-23-16(31-13-9-30-10-13)4-3-14(8-27)39-23/h3,12-13,15-24,29-31,34-35,37H,4-11,26-28H2,1-2H3,(H,32,36)/t12-,15+,16-,17-,18+,19-,20+,21?,22+,23-,24-/m1/s1. The summed E-state index contributed by atoms with van der Waals surface area (Å²) in [5.41, 5.74) is 17.8. The van der Waals surface area contributed by atoms with Crippen LogP contribution in [0.2, 0.25) is 0 Å². The number of nitrogens with zero attached hydrogens (tertiary/aromatic N) is 1. The van der Waals surface area contributed by atoms with Gasteiger partial charge in [0.15, 0.2) is 6.29 Å². The number of aliphatic hydroxyl groups excluding tert-OH is 2. The maximum atomic E-state index is 12.7. The first-order valence-corrected chi connectivity index (χ1v) is 14.4. The van der Waals surface area contributed by atoms with E-state index in [0.717, 1.165) is 13.1 Å². The second-order valence-electron chi connectivity index (χ2n) is 11.3. The largest absolute Gasteiger partial charge is 0.467 e. The normalized spacial score (nSPS) is 39.8. The lowest BCUT2D eigenvalue weighted by atomic mass is 9.83. The van der Waals surface area contributed by atoms with E-state index in [1.807, 2.05) is 13.0 Å². The van der Waals surface area contributed by atoms with Gasteiger partial charge in [-0.3, -0.25) is 5.21 Å². The Balaban J connectivity index is 1.53. The number of hydroxylamine groups is 2. The third-order valence-electron chi connectivity index (χ3n) is 8.23. The van der Waals surface area contributed by atoms with Crippen LogP contribution in [-0.2, 0) is 18.9 Å². The van der Waals surface area contributed by atoms with Gasteiger partial charge >= 0.3 is 6.03 Å². The Morgan fingerprint density at radius 1 is 1.17 bits per heavy atom. The zero-order chi connectivity index (χ0) is 29.7. The molecule has 236 valence electrons. The number of carbonyl (C=O) groups is 1. The molecular formula is C25H48N8O8. The molecule has 0 bridgehead atoms. The fourth-order valence-electron chi connectivity index (χ4n) is 5.79. The summed E-state index contributed by atoms with van der Waals surface area (Å²) in [4.78, 5) is 12.7. The van der Waals surface area contributed by atoms with Crippen LogP contribution in [0.1, 0.15) is 19.8 Å². The average molecular weight is 589 g/mol. The summed E-state index contributed by atoms with van der Waals surface area (Å²) in [5, 5.41) is 45.6. The van der Waals surface area contributed by atoms with E-state index in [9.17, 15) is 20.2 Å². The summed E-state index contributed by atoms with van der Waals surface area (Å²) in [5.74, 6) is 0.583. The van der Waals surface area contributed by atoms with E-state index < -0.39 is 55.1 Å². The minimum atomic E-state index is -1.37. The molecule has 1 aliphatic carbocycles. The lowest BCUT2D eigenvalue weighted by Crippen LogP contribution is -2.68. The number of ether oxygens (including phenoxy) is 4. The fraction of sp³-hybridized carbons (Fsp3) is 0.880. The Labute approximate surface area is 240 Å². The lowest BCUT2D eigenvalue weighted by Gasteiger charge is -2.48. The van der Waals surface area contributed by atoms with Crippen molar-refractivity contribution in [2.45, 2.75) is 87.0 Å². The number of hydrogen-bond acceptors (Lipinski definition) is 14. The molecule has 4 aliphatic rings. The van der Waals surface area contributed by atoms with E-state index in [0.29, 0.717) is 23.9 Å². The van der Waals surface area contributed by atoms with Crippen molar-refractivity contribution in [2.24, 2.45) is 23.1 Å². The molecule has 1 unspecified atom stereocenters. The maximum Gasteiger partial charge on any atom is 0.341 e. The molecule has 0 aromatic rings. The van der Waals surface area contributed by atoms with Crippen molar-refractivity contribution in [3.8, 4) is 0 Å². The zero-order valence-corrected chi connectivity index (χ0v) is 23.7. The lowest BCUT2D eigenvalue weighted by molar-refractivity contribution is -0.287. The first-order chi connectivity index (χ1) is 19.7. The summed E-state index contributed by atoms with van der Waals surface area (Å²) >= 11 is 0. The smallest absolute Gasteiger partial charge is 0.341 e. The predicted molar refractivity (Wildman–Crippen MR) is 146 cm³/mol. The van der Waals surface area contributed by atoms with Gasteiger partial charge in [0, 0.05) is 37.8 Å². The van der Waals surface area contributed by atoms with Crippen LogP contribution in [0.3, 0.4) is 0 Å². The van der Waals surface area contributed by atoms with E-state index in [4.69, 9.17) is 36.1 Å². The summed E-state index contributed by atoms with van der Waals surface area (Å²) in [6.07, 6.45) is -3.74. The number of likely N-dealkylation sites (N-methyl/N-ethyl adjacent to an activating group) is 1. The van der Waals surface area contributed by atoms with Crippen molar-refractivity contribution in [1.82, 2.24) is 26.3 Å². The topological polar surface area (TPSA) is 244 Å². The predicted octanol–water partition coefficient (Wildman–Crippen LogP) is -3.96. The fourth-order valence-corrected chi connectivity index (χ4v) is 5.79. The molecule has 3 heterocycles. The molecule has 4 rings (SSSR count). The van der Waals surface area contributed by atoms with Crippen LogP contribution in [0, 0.1) is 5.92 Å². The number of rotatable bonds is 11. The van der Waals surface area contributed by atoms with Gasteiger partial charge in [0.2, 0.25) is 6.29 Å². The molecule has 0 radical (unpaired) electrons. The number of hydrogen-bond donors (Lipinski definition) is 10. The molecule has 0 aromatic carbocycles. The van der Waals surface area contributed by atoms with Crippen LogP contribution in [0.4, 0.5) is 4.79 Å². The Kier molecular flexibility index (Phi) is 11.5. The van der Waals surface area contributed by atoms with Crippen LogP contribution < -0.4 is 38.5 Å². The molecule has 3 fully saturated rings. The zero-order valence-electron chi connectivity index (χ0n) is 23.7. The average Bonchev–Trinajstić information content (AvgIpc) is 2.92. The summed E-state index contributed by atoms with van der Waals surface area (Å²) in [7, 11) is 1.74. The van der Waals surface area contributed by atoms with E-state index in [2.05, 4.69) is 21.3 Å². The highest BCUT2D eigenvalue weighted by molar-refractivity contribution is 5.73. The van der Waals surface area contributed by atoms with Gasteiger partial charge in [0.25, 0.3) is 0 Å². The SMILES string of the molecule is CN[C@@H]1[C@@H](O)[C@@H](O[C@H]2[C@H](NC(=O)N(O)CCN)C[C@H](N)C(O[C@H]3OC(CN)=CC[C@H]3NC3CNC3)[C@@H]2O)OC[C@H]1C. The minimum Gasteiger partial charge on any atom is -0.467 e. The van der Waals surface area contributed by atoms with Gasteiger partial charge in [-0.25, -0.2) is 9.86 Å². The van der Waals surface area contributed by atoms with Crippen molar-refractivity contribution < 1.29 is 39.2 Å². The van der Waals surface area contributed by atoms with Crippen LogP contribution in [0.5, 0.6) is 0 Å². The van der Waals surface area contributed by atoms with Crippen molar-refractivity contribution in [1.29, 1.82) is 0 Å². The quantitative estimate of drug-likeness (QED) is 0.0818. The Bertz CT molecular complexity index is 885. The highest BCUT2D eigenvalue weighted by atomic mass is 16.7. The van der Waals surface area contributed by atoms with Gasteiger partial charge in [-0.2, -0.15) is 0 Å². The second kappa shape index (κ2) is 14.7. The molecule has 1 saturated carbocycles. The second-order valence-corrected chi connectivity index (χ2v) is 11.3. The van der Waals surface area contributed by atoms with Crippen LogP contribution >= 0.6 is 0 Å². The number of aliphatic hydroxyl groups is 2. The van der Waals surface area contributed by atoms with Gasteiger partial charge in [-0.15, -0.1) is 0 Å². The van der Waals surface area contributed by atoms with Gasteiger partial charge in [-0.05, 0) is 31.9 Å². The first-order valence-electron chi connectivity index (χ1n) is 14.4. The van der Waals surface area contributed by atoms with Gasteiger partial charge in [0.1, 0.15) is 30.2 Å². The van der Waals surface area contributed by atoms with Gasteiger partial charge in [-0.1, -0.05) is 6.92 Å². The van der Waals surface area contributed by atoms with Crippen molar-refractivity contribution in [3.05, 3.63) is 11.8 Å². The molecule has 13 N–H and O–H groups in total. The molecule has 2 saturated heterocycles. The molecule has 11 atom stereocenters. The summed E-state index contributed by atoms with van der Waals surface area (Å²) in [6, 6.07) is -2.71. The van der Waals surface area contributed by atoms with Crippen molar-refractivity contribution in [3.63, 3.8) is 0 Å². The third-order valence-corrected chi connectivity index (χ3v) is 8.23. The van der Waals surface area contributed by atoms with Crippen LogP contribution in [0.25, 0.3) is 0 Å². The molecule has 16 nitrogen and oxygen atoms in total. The number of nitrogens with one attached hydrogen (secondary N) is 4. The number of amides is 2. The number of carbonyl (C=O) groups excluding carboxylic acids is 1. The molecule has 3 aliphatic heterocycles. The Morgan fingerprint density at radius 3 is 2.54 bits per heavy atom. The molecule has 0 spiro atoms. The molecule has 41 heavy (non-hydrogen) atoms. The van der Waals surface area contributed by atoms with E-state index >= 15 is 0 Å². The van der Waals surface area contributed by atoms with Crippen LogP contribution in [-0.4, -0.2) is 140 Å². The number of urea groups is 1. The highest BCUT2D eigenvalue weighted by Crippen LogP contribution is 2.31. The monoisotopic (exact) mass is 588 g/mol. The summed E-state index contributed by atoms with van der Waals surface area (Å²) < 4.78 is 24.4. The Hall–Kier alpha value is -1.67. The maximum absolute atomic E-state index is 12.7. The molecular weight excluding hydrogens is 540 g/mol. The first kappa shape index (κ1) is 32.2. The minimum absolute atomic E-state index is 0.00823.